The van der Waals surface area contributed by atoms with Crippen molar-refractivity contribution < 1.29 is 14.3 Å². The lowest BCUT2D eigenvalue weighted by molar-refractivity contribution is 0.0957. The van der Waals surface area contributed by atoms with Crippen LogP contribution in [0.2, 0.25) is 5.02 Å². The van der Waals surface area contributed by atoms with Crippen LogP contribution in [0.4, 0.5) is 0 Å². The molecular weight excluding hydrogens is 290 g/mol. The fourth-order valence-electron chi connectivity index (χ4n) is 2.19. The number of carbonyl (C=O) groups excluding carboxylic acids is 2. The van der Waals surface area contributed by atoms with Gasteiger partial charge in [0.15, 0.2) is 5.78 Å². The first-order chi connectivity index (χ1) is 10.1. The second-order valence-electron chi connectivity index (χ2n) is 4.65. The van der Waals surface area contributed by atoms with Crippen molar-refractivity contribution in [1.82, 2.24) is 5.32 Å². The van der Waals surface area contributed by atoms with Crippen molar-refractivity contribution in [2.75, 3.05) is 13.2 Å². The highest BCUT2D eigenvalue weighted by Gasteiger charge is 2.19. The Morgan fingerprint density at radius 3 is 2.76 bits per heavy atom. The summed E-state index contributed by atoms with van der Waals surface area (Å²) in [7, 11) is 0. The number of hydrogen-bond acceptors (Lipinski definition) is 3. The zero-order valence-corrected chi connectivity index (χ0v) is 11.8. The Morgan fingerprint density at radius 1 is 1.14 bits per heavy atom. The maximum Gasteiger partial charge on any atom is 0.255 e. The first-order valence-electron chi connectivity index (χ1n) is 6.50. The van der Waals surface area contributed by atoms with Gasteiger partial charge in [0.2, 0.25) is 0 Å². The summed E-state index contributed by atoms with van der Waals surface area (Å²) >= 11 is 5.90. The predicted octanol–water partition coefficient (Wildman–Crippen LogP) is 2.69. The molecule has 0 spiro atoms. The Morgan fingerprint density at radius 2 is 1.95 bits per heavy atom. The maximum absolute atomic E-state index is 12.4. The third-order valence-corrected chi connectivity index (χ3v) is 3.45. The van der Waals surface area contributed by atoms with Crippen molar-refractivity contribution in [3.05, 3.63) is 64.2 Å². The largest absolute Gasteiger partial charge is 0.491 e. The summed E-state index contributed by atoms with van der Waals surface area (Å²) in [5.74, 6) is 0.0771. The Balaban J connectivity index is 2.00. The summed E-state index contributed by atoms with van der Waals surface area (Å²) in [4.78, 5) is 24.4. The van der Waals surface area contributed by atoms with Crippen molar-refractivity contribution in [2.24, 2.45) is 0 Å². The van der Waals surface area contributed by atoms with Crippen molar-refractivity contribution in [1.29, 1.82) is 0 Å². The maximum atomic E-state index is 12.4. The monoisotopic (exact) mass is 301 g/mol. The van der Waals surface area contributed by atoms with Crippen molar-refractivity contribution in [3.8, 4) is 5.75 Å². The van der Waals surface area contributed by atoms with E-state index in [1.165, 1.54) is 0 Å². The summed E-state index contributed by atoms with van der Waals surface area (Å²) in [5.41, 5.74) is 1.29. The molecule has 0 aliphatic carbocycles. The highest BCUT2D eigenvalue weighted by molar-refractivity contribution is 6.31. The molecule has 1 heterocycles. The molecule has 1 amide bonds. The van der Waals surface area contributed by atoms with E-state index in [9.17, 15) is 9.59 Å². The van der Waals surface area contributed by atoms with Gasteiger partial charge in [-0.05, 0) is 30.3 Å². The molecule has 0 aromatic heterocycles. The second kappa shape index (κ2) is 5.58. The van der Waals surface area contributed by atoms with Crippen LogP contribution in [0.1, 0.15) is 26.3 Å². The van der Waals surface area contributed by atoms with Crippen molar-refractivity contribution >= 4 is 23.3 Å². The molecule has 5 heteroatoms. The number of benzene rings is 2. The minimum atomic E-state index is -0.233. The van der Waals surface area contributed by atoms with Crippen LogP contribution in [-0.4, -0.2) is 24.8 Å². The topological polar surface area (TPSA) is 55.4 Å². The van der Waals surface area contributed by atoms with Gasteiger partial charge in [0.25, 0.3) is 5.91 Å². The summed E-state index contributed by atoms with van der Waals surface area (Å²) < 4.78 is 5.46. The second-order valence-corrected chi connectivity index (χ2v) is 5.09. The molecule has 106 valence electrons. The molecule has 0 atom stereocenters. The number of nitrogens with one attached hydrogen (secondary N) is 1. The van der Waals surface area contributed by atoms with Gasteiger partial charge in [-0.25, -0.2) is 0 Å². The predicted molar refractivity (Wildman–Crippen MR) is 79.2 cm³/mol. The van der Waals surface area contributed by atoms with E-state index in [-0.39, 0.29) is 11.7 Å². The minimum absolute atomic E-state index is 0.183. The van der Waals surface area contributed by atoms with E-state index in [1.807, 2.05) is 0 Å². The van der Waals surface area contributed by atoms with Gasteiger partial charge in [-0.1, -0.05) is 23.7 Å². The third-order valence-electron chi connectivity index (χ3n) is 3.22. The van der Waals surface area contributed by atoms with E-state index in [1.54, 1.807) is 42.5 Å². The van der Waals surface area contributed by atoms with Crippen LogP contribution in [0.5, 0.6) is 5.75 Å². The van der Waals surface area contributed by atoms with Gasteiger partial charge < -0.3 is 10.1 Å². The van der Waals surface area contributed by atoms with Gasteiger partial charge in [-0.15, -0.1) is 0 Å². The summed E-state index contributed by atoms with van der Waals surface area (Å²) in [5, 5.41) is 3.22. The van der Waals surface area contributed by atoms with Gasteiger partial charge in [-0.2, -0.15) is 0 Å². The number of ketones is 1. The highest BCUT2D eigenvalue weighted by Crippen LogP contribution is 2.23. The average Bonchev–Trinajstić information content (AvgIpc) is 2.68. The number of fused-ring (bicyclic) bond motifs is 1. The summed E-state index contributed by atoms with van der Waals surface area (Å²) in [6.07, 6.45) is 0. The SMILES string of the molecule is O=C(c1cccc(Cl)c1)c1ccc2c(c1)C(=O)NCCO2. The van der Waals surface area contributed by atoms with Crippen LogP contribution in [-0.2, 0) is 0 Å². The molecule has 0 saturated carbocycles. The fourth-order valence-corrected chi connectivity index (χ4v) is 2.38. The van der Waals surface area contributed by atoms with E-state index in [4.69, 9.17) is 16.3 Å². The molecule has 0 bridgehead atoms. The number of hydrogen-bond donors (Lipinski definition) is 1. The molecule has 2 aromatic carbocycles. The van der Waals surface area contributed by atoms with Gasteiger partial charge in [0.05, 0.1) is 12.1 Å². The Labute approximate surface area is 126 Å². The molecule has 2 aromatic rings. The molecule has 4 nitrogen and oxygen atoms in total. The van der Waals surface area contributed by atoms with E-state index in [0.717, 1.165) is 0 Å². The molecule has 0 unspecified atom stereocenters. The first-order valence-corrected chi connectivity index (χ1v) is 6.88. The molecular formula is C16H12ClNO3. The fraction of sp³-hybridized carbons (Fsp3) is 0.125. The highest BCUT2D eigenvalue weighted by atomic mass is 35.5. The minimum Gasteiger partial charge on any atom is -0.491 e. The van der Waals surface area contributed by atoms with Crippen molar-refractivity contribution in [2.45, 2.75) is 0 Å². The molecule has 1 N–H and O–H groups in total. The lowest BCUT2D eigenvalue weighted by Gasteiger charge is -2.08. The van der Waals surface area contributed by atoms with Crippen LogP contribution in [0.3, 0.4) is 0 Å². The van der Waals surface area contributed by atoms with Crippen LogP contribution in [0.15, 0.2) is 42.5 Å². The summed E-state index contributed by atoms with van der Waals surface area (Å²) in [6.45, 7) is 0.866. The normalized spacial score (nSPS) is 13.7. The molecule has 21 heavy (non-hydrogen) atoms. The van der Waals surface area contributed by atoms with Gasteiger partial charge in [0.1, 0.15) is 12.4 Å². The average molecular weight is 302 g/mol. The number of carbonyl (C=O) groups is 2. The Hall–Kier alpha value is -2.33. The first kappa shape index (κ1) is 13.6. The number of ether oxygens (including phenoxy) is 1. The standard InChI is InChI=1S/C16H12ClNO3/c17-12-3-1-2-10(8-12)15(19)11-4-5-14-13(9-11)16(20)18-6-7-21-14/h1-5,8-9H,6-7H2,(H,18,20). The van der Waals surface area contributed by atoms with Crippen LogP contribution in [0, 0.1) is 0 Å². The third kappa shape index (κ3) is 2.76. The summed E-state index contributed by atoms with van der Waals surface area (Å²) in [6, 6.07) is 11.6. The molecule has 1 aliphatic rings. The van der Waals surface area contributed by atoms with Gasteiger partial charge in [0, 0.05) is 16.1 Å². The molecule has 0 saturated heterocycles. The van der Waals surface area contributed by atoms with Gasteiger partial charge >= 0.3 is 0 Å². The van der Waals surface area contributed by atoms with E-state index in [2.05, 4.69) is 5.32 Å². The van der Waals surface area contributed by atoms with Gasteiger partial charge in [-0.3, -0.25) is 9.59 Å². The number of amides is 1. The molecule has 3 rings (SSSR count). The van der Waals surface area contributed by atoms with E-state index in [0.29, 0.717) is 40.6 Å². The number of rotatable bonds is 2. The van der Waals surface area contributed by atoms with Crippen LogP contribution in [0.25, 0.3) is 0 Å². The molecule has 0 radical (unpaired) electrons. The quantitative estimate of drug-likeness (QED) is 0.868. The number of halogens is 1. The lowest BCUT2D eigenvalue weighted by atomic mass is 10.0. The van der Waals surface area contributed by atoms with Crippen LogP contribution >= 0.6 is 11.6 Å². The molecule has 1 aliphatic heterocycles. The molecule has 0 fully saturated rings. The van der Waals surface area contributed by atoms with E-state index < -0.39 is 0 Å². The Kier molecular flexibility index (Phi) is 3.62. The zero-order chi connectivity index (χ0) is 14.8. The zero-order valence-electron chi connectivity index (χ0n) is 11.1. The van der Waals surface area contributed by atoms with Crippen molar-refractivity contribution in [3.63, 3.8) is 0 Å². The lowest BCUT2D eigenvalue weighted by Crippen LogP contribution is -2.24. The van der Waals surface area contributed by atoms with Crippen LogP contribution < -0.4 is 10.1 Å². The smallest absolute Gasteiger partial charge is 0.255 e. The Bertz CT molecular complexity index is 727. The van der Waals surface area contributed by atoms with E-state index >= 15 is 0 Å².